The van der Waals surface area contributed by atoms with E-state index in [2.05, 4.69) is 19.1 Å². The molecule has 3 heteroatoms. The maximum Gasteiger partial charge on any atom is 0.165 e. The van der Waals surface area contributed by atoms with Crippen LogP contribution >= 0.6 is 0 Å². The zero-order chi connectivity index (χ0) is 15.7. The minimum atomic E-state index is -0.0645. The Labute approximate surface area is 130 Å². The topological polar surface area (TPSA) is 38.7 Å². The van der Waals surface area contributed by atoms with Crippen LogP contribution in [0, 0.1) is 0 Å². The average Bonchev–Trinajstić information content (AvgIpc) is 2.85. The van der Waals surface area contributed by atoms with E-state index in [1.54, 1.807) is 19.2 Å². The van der Waals surface area contributed by atoms with E-state index in [4.69, 9.17) is 9.47 Å². The van der Waals surface area contributed by atoms with Gasteiger partial charge in [-0.1, -0.05) is 31.2 Å². The molecule has 3 nitrogen and oxygen atoms in total. The number of rotatable bonds is 3. The van der Waals surface area contributed by atoms with Gasteiger partial charge in [0.1, 0.15) is 11.9 Å². The Morgan fingerprint density at radius 3 is 2.55 bits per heavy atom. The molecular weight excluding hydrogens is 276 g/mol. The smallest absolute Gasteiger partial charge is 0.165 e. The highest BCUT2D eigenvalue weighted by Gasteiger charge is 2.34. The molecule has 0 aliphatic carbocycles. The molecule has 0 saturated heterocycles. The van der Waals surface area contributed by atoms with Crippen LogP contribution in [0.3, 0.4) is 0 Å². The fraction of sp³-hybridized carbons (Fsp3) is 0.263. The van der Waals surface area contributed by atoms with Crippen LogP contribution in [-0.2, 0) is 0 Å². The maximum absolute atomic E-state index is 9.45. The first-order valence-electron chi connectivity index (χ1n) is 7.44. The molecule has 2 aromatic carbocycles. The second-order valence-electron chi connectivity index (χ2n) is 5.56. The third-order valence-corrected chi connectivity index (χ3v) is 4.10. The standard InChI is InChI=1S/C19H20O3/c1-4-5-13-10-16-12(2)18(14-6-8-15(20)9-7-14)22-19(16)17(11-13)21-3/h4-12,18,20H,1-3H3/t12-,18-/m0/s1. The van der Waals surface area contributed by atoms with E-state index in [9.17, 15) is 5.11 Å². The normalized spacial score (nSPS) is 20.0. The van der Waals surface area contributed by atoms with Gasteiger partial charge in [0, 0.05) is 11.5 Å². The van der Waals surface area contributed by atoms with Crippen molar-refractivity contribution in [3.63, 3.8) is 0 Å². The fourth-order valence-corrected chi connectivity index (χ4v) is 2.96. The molecule has 1 aliphatic heterocycles. The Balaban J connectivity index is 2.02. The van der Waals surface area contributed by atoms with Crippen molar-refractivity contribution in [2.24, 2.45) is 0 Å². The van der Waals surface area contributed by atoms with Crippen LogP contribution in [-0.4, -0.2) is 12.2 Å². The second kappa shape index (κ2) is 5.76. The summed E-state index contributed by atoms with van der Waals surface area (Å²) in [5.74, 6) is 2.07. The molecule has 2 atom stereocenters. The van der Waals surface area contributed by atoms with Gasteiger partial charge in [0.05, 0.1) is 7.11 Å². The van der Waals surface area contributed by atoms with Crippen LogP contribution in [0.5, 0.6) is 17.2 Å². The summed E-state index contributed by atoms with van der Waals surface area (Å²) in [6.07, 6.45) is 4.01. The quantitative estimate of drug-likeness (QED) is 0.894. The third-order valence-electron chi connectivity index (χ3n) is 4.10. The number of phenols is 1. The molecule has 1 N–H and O–H groups in total. The molecule has 2 aromatic rings. The summed E-state index contributed by atoms with van der Waals surface area (Å²) in [5.41, 5.74) is 3.32. The minimum absolute atomic E-state index is 0.0645. The highest BCUT2D eigenvalue weighted by molar-refractivity contribution is 5.62. The molecular formula is C19H20O3. The Hall–Kier alpha value is -2.42. The summed E-state index contributed by atoms with van der Waals surface area (Å²) < 4.78 is 11.7. The number of hydrogen-bond donors (Lipinski definition) is 1. The van der Waals surface area contributed by atoms with Crippen LogP contribution < -0.4 is 9.47 Å². The molecule has 0 spiro atoms. The van der Waals surface area contributed by atoms with Crippen LogP contribution in [0.25, 0.3) is 6.08 Å². The lowest BCUT2D eigenvalue weighted by molar-refractivity contribution is 0.208. The van der Waals surface area contributed by atoms with Crippen molar-refractivity contribution in [1.29, 1.82) is 0 Å². The first kappa shape index (κ1) is 14.5. The van der Waals surface area contributed by atoms with Crippen LogP contribution in [0.1, 0.15) is 42.6 Å². The number of aromatic hydroxyl groups is 1. The van der Waals surface area contributed by atoms with Crippen molar-refractivity contribution >= 4 is 6.08 Å². The largest absolute Gasteiger partial charge is 0.508 e. The number of allylic oxidation sites excluding steroid dienone is 1. The van der Waals surface area contributed by atoms with E-state index < -0.39 is 0 Å². The van der Waals surface area contributed by atoms with Gasteiger partial charge in [0.25, 0.3) is 0 Å². The maximum atomic E-state index is 9.45. The monoisotopic (exact) mass is 296 g/mol. The van der Waals surface area contributed by atoms with Gasteiger partial charge in [-0.2, -0.15) is 0 Å². The molecule has 22 heavy (non-hydrogen) atoms. The van der Waals surface area contributed by atoms with Crippen molar-refractivity contribution < 1.29 is 14.6 Å². The molecule has 1 heterocycles. The molecule has 0 saturated carbocycles. The summed E-state index contributed by atoms with van der Waals surface area (Å²) >= 11 is 0. The highest BCUT2D eigenvalue weighted by Crippen LogP contribution is 2.50. The fourth-order valence-electron chi connectivity index (χ4n) is 2.96. The Morgan fingerprint density at radius 1 is 1.18 bits per heavy atom. The van der Waals surface area contributed by atoms with Crippen molar-refractivity contribution in [2.75, 3.05) is 7.11 Å². The van der Waals surface area contributed by atoms with Gasteiger partial charge in [-0.15, -0.1) is 0 Å². The molecule has 114 valence electrons. The summed E-state index contributed by atoms with van der Waals surface area (Å²) in [5, 5.41) is 9.45. The Bertz CT molecular complexity index is 701. The van der Waals surface area contributed by atoms with E-state index in [0.29, 0.717) is 0 Å². The summed E-state index contributed by atoms with van der Waals surface area (Å²) in [4.78, 5) is 0. The van der Waals surface area contributed by atoms with Crippen molar-refractivity contribution in [3.8, 4) is 17.2 Å². The van der Waals surface area contributed by atoms with Gasteiger partial charge in [0.15, 0.2) is 11.5 Å². The molecule has 3 rings (SSSR count). The SMILES string of the molecule is CC=Cc1cc(OC)c2c(c1)[C@H](C)[C@@H](c1ccc(O)cc1)O2. The van der Waals surface area contributed by atoms with Crippen LogP contribution in [0.2, 0.25) is 0 Å². The highest BCUT2D eigenvalue weighted by atomic mass is 16.5. The van der Waals surface area contributed by atoms with E-state index in [1.807, 2.05) is 31.2 Å². The molecule has 1 aliphatic rings. The molecule has 0 fully saturated rings. The van der Waals surface area contributed by atoms with E-state index in [-0.39, 0.29) is 17.8 Å². The lowest BCUT2D eigenvalue weighted by Gasteiger charge is -2.16. The predicted molar refractivity (Wildman–Crippen MR) is 87.6 cm³/mol. The predicted octanol–water partition coefficient (Wildman–Crippen LogP) is 4.67. The first-order chi connectivity index (χ1) is 10.6. The first-order valence-corrected chi connectivity index (χ1v) is 7.44. The van der Waals surface area contributed by atoms with E-state index in [0.717, 1.165) is 28.2 Å². The van der Waals surface area contributed by atoms with Gasteiger partial charge in [-0.3, -0.25) is 0 Å². The molecule has 0 amide bonds. The van der Waals surface area contributed by atoms with Gasteiger partial charge in [0.2, 0.25) is 0 Å². The van der Waals surface area contributed by atoms with Gasteiger partial charge < -0.3 is 14.6 Å². The van der Waals surface area contributed by atoms with Gasteiger partial charge in [-0.25, -0.2) is 0 Å². The molecule has 0 bridgehead atoms. The van der Waals surface area contributed by atoms with Crippen LogP contribution in [0.15, 0.2) is 42.5 Å². The lowest BCUT2D eigenvalue weighted by Crippen LogP contribution is -2.06. The lowest BCUT2D eigenvalue weighted by atomic mass is 9.91. The zero-order valence-electron chi connectivity index (χ0n) is 13.0. The van der Waals surface area contributed by atoms with E-state index in [1.165, 1.54) is 0 Å². The number of benzene rings is 2. The van der Waals surface area contributed by atoms with Crippen molar-refractivity contribution in [3.05, 3.63) is 59.2 Å². The summed E-state index contributed by atoms with van der Waals surface area (Å²) in [6, 6.07) is 11.3. The van der Waals surface area contributed by atoms with E-state index >= 15 is 0 Å². The van der Waals surface area contributed by atoms with Crippen LogP contribution in [0.4, 0.5) is 0 Å². The minimum Gasteiger partial charge on any atom is -0.508 e. The zero-order valence-corrected chi connectivity index (χ0v) is 13.0. The number of hydrogen-bond acceptors (Lipinski definition) is 3. The number of fused-ring (bicyclic) bond motifs is 1. The Kier molecular flexibility index (Phi) is 3.80. The third kappa shape index (κ3) is 2.43. The molecule has 0 unspecified atom stereocenters. The number of phenolic OH excluding ortho intramolecular Hbond substituents is 1. The summed E-state index contributed by atoms with van der Waals surface area (Å²) in [6.45, 7) is 4.15. The van der Waals surface area contributed by atoms with Gasteiger partial charge >= 0.3 is 0 Å². The van der Waals surface area contributed by atoms with Gasteiger partial charge in [-0.05, 0) is 42.3 Å². The molecule has 0 aromatic heterocycles. The molecule has 0 radical (unpaired) electrons. The summed E-state index contributed by atoms with van der Waals surface area (Å²) in [7, 11) is 1.66. The Morgan fingerprint density at radius 2 is 1.91 bits per heavy atom. The van der Waals surface area contributed by atoms with Crippen molar-refractivity contribution in [1.82, 2.24) is 0 Å². The van der Waals surface area contributed by atoms with Crippen molar-refractivity contribution in [2.45, 2.75) is 25.9 Å². The average molecular weight is 296 g/mol. The number of methoxy groups -OCH3 is 1. The number of ether oxygens (including phenoxy) is 2. The second-order valence-corrected chi connectivity index (χ2v) is 5.56.